The van der Waals surface area contributed by atoms with E-state index in [0.717, 1.165) is 11.8 Å². The lowest BCUT2D eigenvalue weighted by molar-refractivity contribution is -0.153. The standard InChI is InChI=1S/C28H35NO7/c1-16-9-8-12-19-23-27(4,35-23)17(2)21-20(15-18-10-6-5-7-11-18)29-24(31)28(19,21)36-25(32)34-14-13-26(3,33)22(16)30/h5-8,10-14,16-17,19-23,30,33H,9,15H2,1-4H3,(H,29,31)/b12-8+,14-13+/t16-,17-,19-,20-,21?,22?,23+,26+,27+,28?/m0/s1. The van der Waals surface area contributed by atoms with Gasteiger partial charge in [-0.15, -0.1) is 0 Å². The Morgan fingerprint density at radius 3 is 2.58 bits per heavy atom. The third-order valence-corrected chi connectivity index (χ3v) is 8.86. The van der Waals surface area contributed by atoms with Gasteiger partial charge in [0.2, 0.25) is 5.60 Å². The highest BCUT2D eigenvalue weighted by Gasteiger charge is 2.78. The molecule has 1 aromatic carbocycles. The van der Waals surface area contributed by atoms with Crippen LogP contribution in [0.1, 0.15) is 39.7 Å². The number of rotatable bonds is 2. The lowest BCUT2D eigenvalue weighted by atomic mass is 9.59. The Bertz CT molecular complexity index is 1080. The summed E-state index contributed by atoms with van der Waals surface area (Å²) in [6, 6.07) is 9.63. The van der Waals surface area contributed by atoms with Gasteiger partial charge in [0, 0.05) is 12.0 Å². The molecule has 1 aromatic rings. The van der Waals surface area contributed by atoms with Crippen molar-refractivity contribution < 1.29 is 34.0 Å². The van der Waals surface area contributed by atoms with Crippen LogP contribution in [0.3, 0.4) is 0 Å². The second-order valence-electron chi connectivity index (χ2n) is 11.2. The summed E-state index contributed by atoms with van der Waals surface area (Å²) in [5.41, 5.74) is -2.52. The van der Waals surface area contributed by atoms with Crippen LogP contribution in [-0.4, -0.2) is 57.3 Å². The van der Waals surface area contributed by atoms with E-state index in [1.807, 2.05) is 56.3 Å². The summed E-state index contributed by atoms with van der Waals surface area (Å²) < 4.78 is 17.4. The van der Waals surface area contributed by atoms with E-state index < -0.39 is 35.0 Å². The monoisotopic (exact) mass is 497 g/mol. The predicted octanol–water partition coefficient (Wildman–Crippen LogP) is 2.88. The van der Waals surface area contributed by atoms with Crippen molar-refractivity contribution in [3.05, 3.63) is 60.4 Å². The maximum Gasteiger partial charge on any atom is 0.514 e. The molecule has 194 valence electrons. The summed E-state index contributed by atoms with van der Waals surface area (Å²) in [4.78, 5) is 26.8. The molecule has 0 aromatic heterocycles. The smallest absolute Gasteiger partial charge is 0.416 e. The average Bonchev–Trinajstić information content (AvgIpc) is 3.45. The largest absolute Gasteiger partial charge is 0.514 e. The van der Waals surface area contributed by atoms with Crippen molar-refractivity contribution in [2.75, 3.05) is 0 Å². The number of nitrogens with one attached hydrogen (secondary N) is 1. The summed E-state index contributed by atoms with van der Waals surface area (Å²) in [5, 5.41) is 24.5. The van der Waals surface area contributed by atoms with Gasteiger partial charge in [0.15, 0.2) is 0 Å². The fourth-order valence-electron chi connectivity index (χ4n) is 6.64. The zero-order chi connectivity index (χ0) is 25.9. The fraction of sp³-hybridized carbons (Fsp3) is 0.571. The maximum atomic E-state index is 13.8. The maximum absolute atomic E-state index is 13.8. The zero-order valence-electron chi connectivity index (χ0n) is 21.1. The van der Waals surface area contributed by atoms with Crippen molar-refractivity contribution in [1.82, 2.24) is 5.32 Å². The zero-order valence-corrected chi connectivity index (χ0v) is 21.1. The van der Waals surface area contributed by atoms with Crippen molar-refractivity contribution in [3.63, 3.8) is 0 Å². The average molecular weight is 498 g/mol. The normalized spacial score (nSPS) is 47.8. The Hall–Kier alpha value is -2.68. The Labute approximate surface area is 211 Å². The van der Waals surface area contributed by atoms with E-state index in [-0.39, 0.29) is 35.8 Å². The molecule has 2 saturated heterocycles. The van der Waals surface area contributed by atoms with E-state index in [0.29, 0.717) is 12.8 Å². The third-order valence-electron chi connectivity index (χ3n) is 8.86. The minimum Gasteiger partial charge on any atom is -0.416 e. The van der Waals surface area contributed by atoms with Gasteiger partial charge in [-0.3, -0.25) is 4.79 Å². The topological polar surface area (TPSA) is 118 Å². The van der Waals surface area contributed by atoms with E-state index in [9.17, 15) is 19.8 Å². The van der Waals surface area contributed by atoms with E-state index in [2.05, 4.69) is 12.2 Å². The third kappa shape index (κ3) is 3.86. The fourth-order valence-corrected chi connectivity index (χ4v) is 6.64. The molecule has 3 fully saturated rings. The van der Waals surface area contributed by atoms with Gasteiger partial charge in [-0.25, -0.2) is 4.79 Å². The number of cyclic esters (lactones) is 1. The van der Waals surface area contributed by atoms with Gasteiger partial charge in [0.1, 0.15) is 5.60 Å². The number of carbonyl (C=O) groups excluding carboxylic acids is 2. The molecular weight excluding hydrogens is 462 g/mol. The van der Waals surface area contributed by atoms with Crippen LogP contribution in [-0.2, 0) is 25.4 Å². The number of hydrogen-bond donors (Lipinski definition) is 3. The molecule has 1 amide bonds. The molecule has 8 nitrogen and oxygen atoms in total. The van der Waals surface area contributed by atoms with Crippen molar-refractivity contribution in [1.29, 1.82) is 0 Å². The summed E-state index contributed by atoms with van der Waals surface area (Å²) in [6.45, 7) is 7.38. The molecule has 4 aliphatic rings. The molecule has 3 N–H and O–H groups in total. The van der Waals surface area contributed by atoms with E-state index in [4.69, 9.17) is 14.2 Å². The summed E-state index contributed by atoms with van der Waals surface area (Å²) in [6.07, 6.45) is 4.60. The molecule has 8 heteroatoms. The summed E-state index contributed by atoms with van der Waals surface area (Å²) in [7, 11) is 0. The number of aliphatic hydroxyl groups is 2. The molecule has 1 saturated carbocycles. The number of hydrogen-bond acceptors (Lipinski definition) is 7. The number of aliphatic hydroxyl groups excluding tert-OH is 1. The van der Waals surface area contributed by atoms with Crippen molar-refractivity contribution >= 4 is 12.1 Å². The van der Waals surface area contributed by atoms with E-state index >= 15 is 0 Å². The molecule has 5 rings (SSSR count). The van der Waals surface area contributed by atoms with Crippen LogP contribution in [0.25, 0.3) is 0 Å². The quantitative estimate of drug-likeness (QED) is 0.327. The highest BCUT2D eigenvalue weighted by Crippen LogP contribution is 2.63. The van der Waals surface area contributed by atoms with Crippen molar-refractivity contribution in [2.24, 2.45) is 23.7 Å². The summed E-state index contributed by atoms with van der Waals surface area (Å²) >= 11 is 0. The van der Waals surface area contributed by atoms with Crippen molar-refractivity contribution in [2.45, 2.75) is 75.6 Å². The number of ether oxygens (including phenoxy) is 3. The molecule has 36 heavy (non-hydrogen) atoms. The second kappa shape index (κ2) is 8.71. The van der Waals surface area contributed by atoms with E-state index in [1.165, 1.54) is 13.0 Å². The minimum atomic E-state index is -1.62. The van der Waals surface area contributed by atoms with Gasteiger partial charge in [-0.2, -0.15) is 0 Å². The Kier molecular flexibility index (Phi) is 6.05. The number of carbonyl (C=O) groups is 2. The SMILES string of the molecule is C[C@H]1C/C=C/[C@H]2[C@H]3O[C@]3(C)[C@@H](C)C3[C@H](Cc4ccccc4)NC(=O)C32OC(=O)O/C=C/[C@@](C)(O)C1O. The van der Waals surface area contributed by atoms with Gasteiger partial charge in [-0.05, 0) is 50.2 Å². The molecule has 1 aliphatic carbocycles. The molecule has 0 radical (unpaired) electrons. The lowest BCUT2D eigenvalue weighted by Crippen LogP contribution is -2.61. The first-order valence-electron chi connectivity index (χ1n) is 12.7. The first-order valence-corrected chi connectivity index (χ1v) is 12.7. The predicted molar refractivity (Wildman–Crippen MR) is 130 cm³/mol. The Morgan fingerprint density at radius 1 is 1.14 bits per heavy atom. The number of benzene rings is 1. The molecule has 10 atom stereocenters. The van der Waals surface area contributed by atoms with Crippen molar-refractivity contribution in [3.8, 4) is 0 Å². The summed E-state index contributed by atoms with van der Waals surface area (Å²) in [5.74, 6) is -1.64. The van der Waals surface area contributed by atoms with Crippen LogP contribution < -0.4 is 5.32 Å². The first kappa shape index (κ1) is 25.0. The van der Waals surface area contributed by atoms with Gasteiger partial charge in [0.25, 0.3) is 5.91 Å². The Morgan fingerprint density at radius 2 is 1.86 bits per heavy atom. The molecular formula is C28H35NO7. The number of fused-ring (bicyclic) bond motifs is 2. The highest BCUT2D eigenvalue weighted by molar-refractivity contribution is 5.92. The van der Waals surface area contributed by atoms with Crippen LogP contribution in [0.4, 0.5) is 4.79 Å². The second-order valence-corrected chi connectivity index (χ2v) is 11.2. The van der Waals surface area contributed by atoms with E-state index in [1.54, 1.807) is 0 Å². The van der Waals surface area contributed by atoms with Crippen LogP contribution in [0.15, 0.2) is 54.8 Å². The van der Waals surface area contributed by atoms with Gasteiger partial charge in [-0.1, -0.05) is 56.3 Å². The molecule has 1 spiro atoms. The highest BCUT2D eigenvalue weighted by atomic mass is 16.7. The number of allylic oxidation sites excluding steroid dienone is 1. The van der Waals surface area contributed by atoms with Gasteiger partial charge in [0.05, 0.1) is 30.0 Å². The Balaban J connectivity index is 1.57. The lowest BCUT2D eigenvalue weighted by Gasteiger charge is -2.45. The van der Waals surface area contributed by atoms with Crippen LogP contribution in [0, 0.1) is 23.7 Å². The molecule has 3 unspecified atom stereocenters. The van der Waals surface area contributed by atoms with Gasteiger partial charge >= 0.3 is 6.16 Å². The molecule has 3 aliphatic heterocycles. The number of amides is 1. The molecule has 0 bridgehead atoms. The first-order chi connectivity index (χ1) is 17.0. The number of epoxide rings is 1. The van der Waals surface area contributed by atoms with Gasteiger partial charge < -0.3 is 29.7 Å². The van der Waals surface area contributed by atoms with Crippen LogP contribution >= 0.6 is 0 Å². The van der Waals surface area contributed by atoms with Crippen LogP contribution in [0.2, 0.25) is 0 Å². The molecule has 3 heterocycles. The minimum absolute atomic E-state index is 0.0830. The van der Waals surface area contributed by atoms with Crippen LogP contribution in [0.5, 0.6) is 0 Å².